The summed E-state index contributed by atoms with van der Waals surface area (Å²) in [5.41, 5.74) is 0. The number of rotatable bonds is 5. The van der Waals surface area contributed by atoms with Crippen molar-refractivity contribution in [2.75, 3.05) is 11.5 Å². The molecule has 0 amide bonds. The molecule has 0 unspecified atom stereocenters. The molecule has 1 aromatic heterocycles. The molecule has 7 heteroatoms. The maximum absolute atomic E-state index is 10.6. The van der Waals surface area contributed by atoms with E-state index in [0.717, 1.165) is 11.5 Å². The Morgan fingerprint density at radius 2 is 2.33 bits per heavy atom. The van der Waals surface area contributed by atoms with Gasteiger partial charge in [-0.05, 0) is 10.7 Å². The number of imidazole rings is 1. The first-order valence-electron chi connectivity index (χ1n) is 4.41. The molecule has 15 heavy (non-hydrogen) atoms. The van der Waals surface area contributed by atoms with Crippen molar-refractivity contribution in [3.8, 4) is 0 Å². The molecule has 1 aromatic rings. The van der Waals surface area contributed by atoms with Crippen LogP contribution >= 0.6 is 24.2 Å². The summed E-state index contributed by atoms with van der Waals surface area (Å²) in [7, 11) is 0. The largest absolute Gasteiger partial charge is 0.358 e. The van der Waals surface area contributed by atoms with Crippen LogP contribution in [0.25, 0.3) is 0 Å². The summed E-state index contributed by atoms with van der Waals surface area (Å²) in [6, 6.07) is 0. The van der Waals surface area contributed by atoms with E-state index in [-0.39, 0.29) is 18.2 Å². The van der Waals surface area contributed by atoms with Crippen LogP contribution in [0.15, 0.2) is 6.20 Å². The van der Waals surface area contributed by atoms with Crippen molar-refractivity contribution < 1.29 is 4.92 Å². The number of thioether (sulfide) groups is 1. The number of hydrogen-bond acceptors (Lipinski definition) is 4. The van der Waals surface area contributed by atoms with Crippen molar-refractivity contribution in [1.29, 1.82) is 0 Å². The highest BCUT2D eigenvalue weighted by Crippen LogP contribution is 2.14. The number of aryl methyl sites for hydroxylation is 1. The average Bonchev–Trinajstić information content (AvgIpc) is 2.48. The van der Waals surface area contributed by atoms with E-state index < -0.39 is 4.92 Å². The molecule has 0 radical (unpaired) electrons. The number of aromatic nitrogens is 2. The van der Waals surface area contributed by atoms with E-state index in [2.05, 4.69) is 11.9 Å². The fourth-order valence-electron chi connectivity index (χ4n) is 1.18. The molecule has 0 spiro atoms. The van der Waals surface area contributed by atoms with Gasteiger partial charge in [0.1, 0.15) is 12.7 Å². The van der Waals surface area contributed by atoms with Crippen molar-refractivity contribution in [2.45, 2.75) is 20.4 Å². The molecule has 0 aliphatic carbocycles. The van der Waals surface area contributed by atoms with Gasteiger partial charge in [0.15, 0.2) is 5.82 Å². The van der Waals surface area contributed by atoms with Crippen LogP contribution in [0, 0.1) is 17.0 Å². The third-order valence-electron chi connectivity index (χ3n) is 1.88. The highest BCUT2D eigenvalue weighted by atomic mass is 35.5. The standard InChI is InChI=1S/C8H13N3O2S.ClH/c1-3-14-5-4-10-7(2)9-6-8(10)11(12)13;/h6H,3-5H2,1-2H3;1H. The van der Waals surface area contributed by atoms with Gasteiger partial charge in [0.2, 0.25) is 0 Å². The zero-order chi connectivity index (χ0) is 10.6. The summed E-state index contributed by atoms with van der Waals surface area (Å²) < 4.78 is 1.64. The topological polar surface area (TPSA) is 61.0 Å². The Morgan fingerprint density at radius 1 is 1.67 bits per heavy atom. The minimum absolute atomic E-state index is 0. The molecule has 0 atom stereocenters. The van der Waals surface area contributed by atoms with E-state index >= 15 is 0 Å². The molecule has 0 aromatic carbocycles. The summed E-state index contributed by atoms with van der Waals surface area (Å²) in [6.07, 6.45) is 1.31. The maximum atomic E-state index is 10.6. The van der Waals surface area contributed by atoms with Crippen LogP contribution in [-0.4, -0.2) is 26.0 Å². The number of halogens is 1. The fraction of sp³-hybridized carbons (Fsp3) is 0.625. The third-order valence-corrected chi connectivity index (χ3v) is 2.76. The van der Waals surface area contributed by atoms with Gasteiger partial charge in [-0.1, -0.05) is 6.92 Å². The van der Waals surface area contributed by atoms with Crippen LogP contribution < -0.4 is 0 Å². The van der Waals surface area contributed by atoms with Crippen molar-refractivity contribution in [1.82, 2.24) is 9.55 Å². The van der Waals surface area contributed by atoms with Gasteiger partial charge in [-0.2, -0.15) is 11.8 Å². The van der Waals surface area contributed by atoms with Gasteiger partial charge >= 0.3 is 5.82 Å². The summed E-state index contributed by atoms with van der Waals surface area (Å²) in [5.74, 6) is 2.70. The molecule has 0 N–H and O–H groups in total. The van der Waals surface area contributed by atoms with Crippen molar-refractivity contribution in [3.63, 3.8) is 0 Å². The first-order chi connectivity index (χ1) is 6.66. The molecule has 1 rings (SSSR count). The number of nitro groups is 1. The number of hydrogen-bond donors (Lipinski definition) is 0. The normalized spacial score (nSPS) is 9.73. The SMILES string of the molecule is CCSCCn1c([N+](=O)[O-])cnc1C.Cl. The highest BCUT2D eigenvalue weighted by Gasteiger charge is 2.16. The molecule has 0 saturated carbocycles. The summed E-state index contributed by atoms with van der Waals surface area (Å²) in [5, 5.41) is 10.6. The number of nitrogens with zero attached hydrogens (tertiary/aromatic N) is 3. The van der Waals surface area contributed by atoms with Crippen LogP contribution in [0.3, 0.4) is 0 Å². The van der Waals surface area contributed by atoms with Crippen LogP contribution in [0.2, 0.25) is 0 Å². The molecular formula is C8H14ClN3O2S. The van der Waals surface area contributed by atoms with E-state index in [1.165, 1.54) is 6.20 Å². The van der Waals surface area contributed by atoms with Gasteiger partial charge in [-0.15, -0.1) is 12.4 Å². The average molecular weight is 252 g/mol. The Labute approximate surface area is 98.8 Å². The van der Waals surface area contributed by atoms with Crippen molar-refractivity contribution in [2.24, 2.45) is 0 Å². The van der Waals surface area contributed by atoms with Crippen LogP contribution in [0.4, 0.5) is 5.82 Å². The molecule has 0 aliphatic heterocycles. The van der Waals surface area contributed by atoms with Crippen LogP contribution in [0.1, 0.15) is 12.7 Å². The Kier molecular flexibility index (Phi) is 6.35. The lowest BCUT2D eigenvalue weighted by molar-refractivity contribution is -0.392. The summed E-state index contributed by atoms with van der Waals surface area (Å²) >= 11 is 1.76. The molecule has 0 saturated heterocycles. The Balaban J connectivity index is 0.00000196. The minimum atomic E-state index is -0.392. The summed E-state index contributed by atoms with van der Waals surface area (Å²) in [4.78, 5) is 14.1. The molecule has 0 aliphatic rings. The zero-order valence-electron chi connectivity index (χ0n) is 8.67. The van der Waals surface area contributed by atoms with E-state index in [4.69, 9.17) is 0 Å². The molecular weight excluding hydrogens is 238 g/mol. The molecule has 1 heterocycles. The molecule has 0 bridgehead atoms. The van der Waals surface area contributed by atoms with Gasteiger partial charge in [-0.3, -0.25) is 0 Å². The zero-order valence-corrected chi connectivity index (χ0v) is 10.3. The van der Waals surface area contributed by atoms with Gasteiger partial charge < -0.3 is 10.1 Å². The monoisotopic (exact) mass is 251 g/mol. The smallest absolute Gasteiger partial charge is 0.342 e. The van der Waals surface area contributed by atoms with E-state index in [0.29, 0.717) is 12.4 Å². The van der Waals surface area contributed by atoms with Crippen molar-refractivity contribution >= 4 is 30.0 Å². The fourth-order valence-corrected chi connectivity index (χ4v) is 1.78. The summed E-state index contributed by atoms with van der Waals surface area (Å²) in [6.45, 7) is 4.50. The minimum Gasteiger partial charge on any atom is -0.358 e. The second-order valence-corrected chi connectivity index (χ2v) is 4.16. The Bertz CT molecular complexity index is 330. The van der Waals surface area contributed by atoms with Crippen molar-refractivity contribution in [3.05, 3.63) is 22.1 Å². The first kappa shape index (κ1) is 14.2. The van der Waals surface area contributed by atoms with E-state index in [1.54, 1.807) is 23.3 Å². The highest BCUT2D eigenvalue weighted by molar-refractivity contribution is 7.99. The lowest BCUT2D eigenvalue weighted by atomic mass is 10.6. The van der Waals surface area contributed by atoms with Gasteiger partial charge in [0.25, 0.3) is 0 Å². The molecule has 0 fully saturated rings. The maximum Gasteiger partial charge on any atom is 0.342 e. The Morgan fingerprint density at radius 3 is 2.87 bits per heavy atom. The van der Waals surface area contributed by atoms with E-state index in [9.17, 15) is 10.1 Å². The lowest BCUT2D eigenvalue weighted by Crippen LogP contribution is -2.06. The second-order valence-electron chi connectivity index (χ2n) is 2.77. The molecule has 86 valence electrons. The van der Waals surface area contributed by atoms with E-state index in [1.807, 2.05) is 0 Å². The first-order valence-corrected chi connectivity index (χ1v) is 5.56. The lowest BCUT2D eigenvalue weighted by Gasteiger charge is -2.01. The third kappa shape index (κ3) is 3.71. The van der Waals surface area contributed by atoms with Gasteiger partial charge in [0, 0.05) is 12.7 Å². The van der Waals surface area contributed by atoms with Crippen LogP contribution in [0.5, 0.6) is 0 Å². The van der Waals surface area contributed by atoms with Gasteiger partial charge in [0.05, 0.1) is 0 Å². The molecule has 5 nitrogen and oxygen atoms in total. The predicted molar refractivity (Wildman–Crippen MR) is 63.9 cm³/mol. The van der Waals surface area contributed by atoms with Gasteiger partial charge in [-0.25, -0.2) is 9.55 Å². The quantitative estimate of drug-likeness (QED) is 0.458. The van der Waals surface area contributed by atoms with Crippen LogP contribution in [-0.2, 0) is 6.54 Å². The second kappa shape index (κ2) is 6.68. The Hall–Kier alpha value is -0.750. The predicted octanol–water partition coefficient (Wildman–Crippen LogP) is 2.27.